The molecule has 1 amide bonds. The second kappa shape index (κ2) is 7.22. The van der Waals surface area contributed by atoms with E-state index >= 15 is 0 Å². The minimum atomic E-state index is -0.397. The SMILES string of the molecule is CC(OCC1CCCO1)C(=O)NC1CCNCC1C. The molecule has 2 heterocycles. The Balaban J connectivity index is 1.68. The molecule has 0 aromatic carbocycles. The lowest BCUT2D eigenvalue weighted by molar-refractivity contribution is -0.135. The quantitative estimate of drug-likeness (QED) is 0.771. The van der Waals surface area contributed by atoms with Gasteiger partial charge in [0.05, 0.1) is 12.7 Å². The number of ether oxygens (including phenoxy) is 2. The van der Waals surface area contributed by atoms with Crippen molar-refractivity contribution >= 4 is 5.91 Å². The van der Waals surface area contributed by atoms with Crippen molar-refractivity contribution in [3.05, 3.63) is 0 Å². The van der Waals surface area contributed by atoms with Gasteiger partial charge in [-0.05, 0) is 45.2 Å². The largest absolute Gasteiger partial charge is 0.376 e. The van der Waals surface area contributed by atoms with Gasteiger partial charge in [-0.25, -0.2) is 0 Å². The van der Waals surface area contributed by atoms with E-state index in [-0.39, 0.29) is 18.1 Å². The predicted molar refractivity (Wildman–Crippen MR) is 73.0 cm³/mol. The van der Waals surface area contributed by atoms with E-state index in [1.807, 2.05) is 6.92 Å². The third kappa shape index (κ3) is 4.44. The first-order chi connectivity index (χ1) is 9.16. The third-order valence-corrected chi connectivity index (χ3v) is 4.04. The summed E-state index contributed by atoms with van der Waals surface area (Å²) in [6, 6.07) is 0.266. The summed E-state index contributed by atoms with van der Waals surface area (Å²) in [5.41, 5.74) is 0. The third-order valence-electron chi connectivity index (χ3n) is 4.04. The van der Waals surface area contributed by atoms with Crippen LogP contribution in [0.15, 0.2) is 0 Å². The topological polar surface area (TPSA) is 59.6 Å². The van der Waals surface area contributed by atoms with Gasteiger partial charge in [0, 0.05) is 12.6 Å². The van der Waals surface area contributed by atoms with Crippen LogP contribution in [0.4, 0.5) is 0 Å². The molecule has 2 saturated heterocycles. The summed E-state index contributed by atoms with van der Waals surface area (Å²) in [5.74, 6) is 0.472. The first-order valence-electron chi connectivity index (χ1n) is 7.41. The van der Waals surface area contributed by atoms with E-state index in [0.29, 0.717) is 12.5 Å². The molecule has 0 saturated carbocycles. The van der Waals surface area contributed by atoms with Crippen LogP contribution in [-0.4, -0.2) is 50.5 Å². The van der Waals surface area contributed by atoms with Gasteiger partial charge < -0.3 is 20.1 Å². The van der Waals surface area contributed by atoms with E-state index in [0.717, 1.165) is 39.0 Å². The van der Waals surface area contributed by atoms with Crippen molar-refractivity contribution in [2.24, 2.45) is 5.92 Å². The van der Waals surface area contributed by atoms with E-state index in [1.165, 1.54) is 0 Å². The highest BCUT2D eigenvalue weighted by Crippen LogP contribution is 2.14. The van der Waals surface area contributed by atoms with Crippen LogP contribution < -0.4 is 10.6 Å². The smallest absolute Gasteiger partial charge is 0.249 e. The average molecular weight is 270 g/mol. The molecule has 19 heavy (non-hydrogen) atoms. The summed E-state index contributed by atoms with van der Waals surface area (Å²) in [6.45, 7) is 7.26. The van der Waals surface area contributed by atoms with E-state index in [2.05, 4.69) is 17.6 Å². The lowest BCUT2D eigenvalue weighted by atomic mass is 9.95. The Labute approximate surface area is 115 Å². The van der Waals surface area contributed by atoms with Gasteiger partial charge in [-0.1, -0.05) is 6.92 Å². The van der Waals surface area contributed by atoms with Gasteiger partial charge >= 0.3 is 0 Å². The number of amides is 1. The average Bonchev–Trinajstić information content (AvgIpc) is 2.91. The standard InChI is InChI=1S/C14H26N2O3/c1-10-8-15-6-5-13(10)16-14(17)11(2)19-9-12-4-3-7-18-12/h10-13,15H,3-9H2,1-2H3,(H,16,17). The van der Waals surface area contributed by atoms with Crippen LogP contribution >= 0.6 is 0 Å². The fourth-order valence-electron chi connectivity index (χ4n) is 2.63. The Morgan fingerprint density at radius 3 is 3.05 bits per heavy atom. The Bertz CT molecular complexity index is 292. The van der Waals surface area contributed by atoms with Crippen molar-refractivity contribution in [2.45, 2.75) is 51.4 Å². The highest BCUT2D eigenvalue weighted by Gasteiger charge is 2.25. The molecule has 0 radical (unpaired) electrons. The zero-order valence-corrected chi connectivity index (χ0v) is 12.0. The fourth-order valence-corrected chi connectivity index (χ4v) is 2.63. The molecule has 2 fully saturated rings. The summed E-state index contributed by atoms with van der Waals surface area (Å²) in [5, 5.41) is 6.43. The maximum atomic E-state index is 12.1. The van der Waals surface area contributed by atoms with Crippen LogP contribution in [0, 0.1) is 5.92 Å². The molecule has 4 unspecified atom stereocenters. The summed E-state index contributed by atoms with van der Waals surface area (Å²) >= 11 is 0. The Hall–Kier alpha value is -0.650. The molecular formula is C14H26N2O3. The first-order valence-corrected chi connectivity index (χ1v) is 7.41. The maximum Gasteiger partial charge on any atom is 0.249 e. The molecule has 110 valence electrons. The van der Waals surface area contributed by atoms with E-state index in [9.17, 15) is 4.79 Å². The van der Waals surface area contributed by atoms with Crippen molar-refractivity contribution in [2.75, 3.05) is 26.3 Å². The minimum absolute atomic E-state index is 0.00301. The lowest BCUT2D eigenvalue weighted by Crippen LogP contribution is -2.51. The second-order valence-corrected chi connectivity index (χ2v) is 5.70. The molecule has 0 aromatic heterocycles. The molecule has 5 nitrogen and oxygen atoms in total. The van der Waals surface area contributed by atoms with Gasteiger partial charge in [0.2, 0.25) is 5.91 Å². The van der Waals surface area contributed by atoms with Crippen molar-refractivity contribution < 1.29 is 14.3 Å². The Kier molecular flexibility index (Phi) is 5.60. The highest BCUT2D eigenvalue weighted by molar-refractivity contribution is 5.80. The van der Waals surface area contributed by atoms with Crippen LogP contribution in [0.1, 0.15) is 33.1 Å². The normalized spacial score (nSPS) is 33.1. The number of rotatable bonds is 5. The number of nitrogens with one attached hydrogen (secondary N) is 2. The fraction of sp³-hybridized carbons (Fsp3) is 0.929. The Morgan fingerprint density at radius 2 is 2.37 bits per heavy atom. The zero-order valence-electron chi connectivity index (χ0n) is 12.0. The molecule has 0 bridgehead atoms. The van der Waals surface area contributed by atoms with E-state index in [4.69, 9.17) is 9.47 Å². The van der Waals surface area contributed by atoms with Gasteiger partial charge in [0.1, 0.15) is 6.10 Å². The minimum Gasteiger partial charge on any atom is -0.376 e. The van der Waals surface area contributed by atoms with E-state index < -0.39 is 6.10 Å². The maximum absolute atomic E-state index is 12.1. The summed E-state index contributed by atoms with van der Waals surface area (Å²) < 4.78 is 11.1. The molecule has 2 rings (SSSR count). The van der Waals surface area contributed by atoms with Crippen molar-refractivity contribution in [3.8, 4) is 0 Å². The summed E-state index contributed by atoms with van der Waals surface area (Å²) in [7, 11) is 0. The molecule has 0 spiro atoms. The van der Waals surface area contributed by atoms with Crippen LogP contribution in [0.3, 0.4) is 0 Å². The highest BCUT2D eigenvalue weighted by atomic mass is 16.5. The summed E-state index contributed by atoms with van der Waals surface area (Å²) in [4.78, 5) is 12.1. The molecular weight excluding hydrogens is 244 g/mol. The number of hydrogen-bond acceptors (Lipinski definition) is 4. The van der Waals surface area contributed by atoms with Crippen LogP contribution in [0.5, 0.6) is 0 Å². The van der Waals surface area contributed by atoms with Gasteiger partial charge in [-0.15, -0.1) is 0 Å². The molecule has 5 heteroatoms. The zero-order chi connectivity index (χ0) is 13.7. The second-order valence-electron chi connectivity index (χ2n) is 5.70. The summed E-state index contributed by atoms with van der Waals surface area (Å²) in [6.07, 6.45) is 2.91. The van der Waals surface area contributed by atoms with Gasteiger partial charge in [0.25, 0.3) is 0 Å². The van der Waals surface area contributed by atoms with Crippen molar-refractivity contribution in [1.29, 1.82) is 0 Å². The van der Waals surface area contributed by atoms with Gasteiger partial charge in [0.15, 0.2) is 0 Å². The Morgan fingerprint density at radius 1 is 1.53 bits per heavy atom. The molecule has 2 aliphatic heterocycles. The monoisotopic (exact) mass is 270 g/mol. The molecule has 2 N–H and O–H groups in total. The lowest BCUT2D eigenvalue weighted by Gasteiger charge is -2.31. The number of piperidine rings is 1. The first kappa shape index (κ1) is 14.8. The molecule has 2 aliphatic rings. The molecule has 0 aromatic rings. The van der Waals surface area contributed by atoms with Crippen molar-refractivity contribution in [1.82, 2.24) is 10.6 Å². The number of carbonyl (C=O) groups is 1. The van der Waals surface area contributed by atoms with Gasteiger partial charge in [-0.3, -0.25) is 4.79 Å². The molecule has 0 aliphatic carbocycles. The van der Waals surface area contributed by atoms with Crippen LogP contribution in [-0.2, 0) is 14.3 Å². The predicted octanol–water partition coefficient (Wildman–Crippen LogP) is 0.685. The number of hydrogen-bond donors (Lipinski definition) is 2. The van der Waals surface area contributed by atoms with E-state index in [1.54, 1.807) is 0 Å². The molecule has 4 atom stereocenters. The van der Waals surface area contributed by atoms with Crippen molar-refractivity contribution in [3.63, 3.8) is 0 Å². The van der Waals surface area contributed by atoms with Crippen LogP contribution in [0.25, 0.3) is 0 Å². The number of carbonyl (C=O) groups excluding carboxylic acids is 1. The van der Waals surface area contributed by atoms with Crippen LogP contribution in [0.2, 0.25) is 0 Å². The van der Waals surface area contributed by atoms with Gasteiger partial charge in [-0.2, -0.15) is 0 Å².